The molecule has 0 saturated carbocycles. The third kappa shape index (κ3) is 4.40. The maximum Gasteiger partial charge on any atom is 0.338 e. The molecule has 28 heavy (non-hydrogen) atoms. The van der Waals surface area contributed by atoms with E-state index in [2.05, 4.69) is 0 Å². The number of esters is 2. The van der Waals surface area contributed by atoms with Crippen LogP contribution in [0.25, 0.3) is 0 Å². The van der Waals surface area contributed by atoms with Gasteiger partial charge in [0.1, 0.15) is 12.2 Å². The van der Waals surface area contributed by atoms with Gasteiger partial charge in [-0.1, -0.05) is 60.7 Å². The molecule has 1 aliphatic heterocycles. The molecule has 148 valence electrons. The fourth-order valence-electron chi connectivity index (χ4n) is 3.20. The van der Waals surface area contributed by atoms with Gasteiger partial charge in [-0.25, -0.2) is 9.59 Å². The molecule has 0 unspecified atom stereocenters. The Hall–Kier alpha value is -2.70. The lowest BCUT2D eigenvalue weighted by molar-refractivity contribution is -0.239. The normalized spacial score (nSPS) is 24.4. The van der Waals surface area contributed by atoms with Crippen LogP contribution in [0.15, 0.2) is 60.7 Å². The van der Waals surface area contributed by atoms with Gasteiger partial charge in [-0.3, -0.25) is 0 Å². The second-order valence-corrected chi connectivity index (χ2v) is 6.28. The first-order valence-corrected chi connectivity index (χ1v) is 9.39. The zero-order valence-corrected chi connectivity index (χ0v) is 15.9. The third-order valence-electron chi connectivity index (χ3n) is 4.43. The smallest absolute Gasteiger partial charge is 0.338 e. The summed E-state index contributed by atoms with van der Waals surface area (Å²) in [5, 5.41) is 0. The Morgan fingerprint density at radius 2 is 1.07 bits per heavy atom. The highest BCUT2D eigenvalue weighted by Crippen LogP contribution is 2.39. The lowest BCUT2D eigenvalue weighted by atomic mass is 9.97. The highest BCUT2D eigenvalue weighted by molar-refractivity contribution is 5.78. The molecule has 2 aromatic carbocycles. The summed E-state index contributed by atoms with van der Waals surface area (Å²) in [6.45, 7) is 3.90. The molecule has 0 aromatic heterocycles. The Kier molecular flexibility index (Phi) is 6.79. The van der Waals surface area contributed by atoms with E-state index >= 15 is 0 Å². The maximum absolute atomic E-state index is 12.6. The van der Waals surface area contributed by atoms with E-state index in [1.54, 1.807) is 13.8 Å². The predicted octanol–water partition coefficient (Wildman–Crippen LogP) is 3.38. The van der Waals surface area contributed by atoms with Crippen LogP contribution in [0.2, 0.25) is 0 Å². The van der Waals surface area contributed by atoms with Gasteiger partial charge in [0.2, 0.25) is 0 Å². The van der Waals surface area contributed by atoms with Crippen LogP contribution in [0.4, 0.5) is 0 Å². The lowest BCUT2D eigenvalue weighted by Gasteiger charge is -2.39. The molecule has 0 amide bonds. The molecule has 3 rings (SSSR count). The molecule has 1 heterocycles. The number of carbonyl (C=O) groups is 2. The largest absolute Gasteiger partial charge is 0.464 e. The Bertz CT molecular complexity index is 709. The summed E-state index contributed by atoms with van der Waals surface area (Å²) in [5.74, 6) is -1.06. The summed E-state index contributed by atoms with van der Waals surface area (Å²) in [4.78, 5) is 25.2. The van der Waals surface area contributed by atoms with Crippen molar-refractivity contribution in [3.05, 3.63) is 71.8 Å². The second-order valence-electron chi connectivity index (χ2n) is 6.28. The molecular formula is C22H24O6. The van der Waals surface area contributed by atoms with Gasteiger partial charge < -0.3 is 18.9 Å². The topological polar surface area (TPSA) is 71.1 Å². The van der Waals surface area contributed by atoms with E-state index in [4.69, 9.17) is 18.9 Å². The number of hydrogen-bond acceptors (Lipinski definition) is 6. The van der Waals surface area contributed by atoms with Crippen LogP contribution in [-0.2, 0) is 28.5 Å². The van der Waals surface area contributed by atoms with Crippen molar-refractivity contribution in [3.8, 4) is 0 Å². The van der Waals surface area contributed by atoms with Gasteiger partial charge in [-0.05, 0) is 25.0 Å². The van der Waals surface area contributed by atoms with Crippen LogP contribution in [0.5, 0.6) is 0 Å². The average Bonchev–Trinajstić information content (AvgIpc) is 2.74. The molecule has 4 atom stereocenters. The predicted molar refractivity (Wildman–Crippen MR) is 101 cm³/mol. The van der Waals surface area contributed by atoms with Gasteiger partial charge in [-0.15, -0.1) is 0 Å². The van der Waals surface area contributed by atoms with E-state index in [1.165, 1.54) is 0 Å². The van der Waals surface area contributed by atoms with Crippen LogP contribution in [-0.4, -0.2) is 37.4 Å². The highest BCUT2D eigenvalue weighted by atomic mass is 16.6. The average molecular weight is 384 g/mol. The maximum atomic E-state index is 12.6. The van der Waals surface area contributed by atoms with Gasteiger partial charge in [0.15, 0.2) is 12.2 Å². The van der Waals surface area contributed by atoms with Crippen molar-refractivity contribution in [2.75, 3.05) is 13.2 Å². The number of ether oxygens (including phenoxy) is 4. The summed E-state index contributed by atoms with van der Waals surface area (Å²) in [6, 6.07) is 18.4. The minimum Gasteiger partial charge on any atom is -0.464 e. The van der Waals surface area contributed by atoms with Gasteiger partial charge in [-0.2, -0.15) is 0 Å². The van der Waals surface area contributed by atoms with Crippen molar-refractivity contribution in [1.29, 1.82) is 0 Å². The molecule has 0 radical (unpaired) electrons. The molecule has 0 aliphatic carbocycles. The number of rotatable bonds is 6. The number of benzene rings is 2. The van der Waals surface area contributed by atoms with Gasteiger partial charge in [0.05, 0.1) is 13.2 Å². The van der Waals surface area contributed by atoms with Crippen molar-refractivity contribution in [2.24, 2.45) is 0 Å². The number of carbonyl (C=O) groups excluding carboxylic acids is 2. The van der Waals surface area contributed by atoms with E-state index in [-0.39, 0.29) is 13.2 Å². The van der Waals surface area contributed by atoms with Gasteiger partial charge in [0, 0.05) is 0 Å². The zero-order valence-electron chi connectivity index (χ0n) is 15.9. The molecule has 0 bridgehead atoms. The molecule has 0 N–H and O–H groups in total. The Balaban J connectivity index is 1.99. The van der Waals surface area contributed by atoms with Crippen molar-refractivity contribution in [1.82, 2.24) is 0 Å². The summed E-state index contributed by atoms with van der Waals surface area (Å²) in [5.41, 5.74) is 1.45. The van der Waals surface area contributed by atoms with Crippen LogP contribution < -0.4 is 0 Å². The minimum atomic E-state index is -1.00. The Morgan fingerprint density at radius 3 is 1.39 bits per heavy atom. The van der Waals surface area contributed by atoms with Crippen LogP contribution >= 0.6 is 0 Å². The molecule has 0 spiro atoms. The molecule has 2 aromatic rings. The molecule has 1 fully saturated rings. The van der Waals surface area contributed by atoms with E-state index in [0.717, 1.165) is 11.1 Å². The second kappa shape index (κ2) is 9.48. The Morgan fingerprint density at radius 1 is 0.714 bits per heavy atom. The first-order chi connectivity index (χ1) is 13.7. The standard InChI is InChI=1S/C22H24O6/c1-3-25-21(23)19-17(15-11-7-5-8-12-15)28-20(22(24)26-4-2)18(27-19)16-13-9-6-10-14-16/h5-14,17-20H,3-4H2,1-2H3/t17-,18+,19+,20-. The van der Waals surface area contributed by atoms with E-state index in [1.807, 2.05) is 60.7 Å². The molecular weight excluding hydrogens is 360 g/mol. The van der Waals surface area contributed by atoms with Crippen molar-refractivity contribution >= 4 is 11.9 Å². The van der Waals surface area contributed by atoms with Crippen LogP contribution in [0.1, 0.15) is 37.2 Å². The summed E-state index contributed by atoms with van der Waals surface area (Å²) in [6.07, 6.45) is -3.57. The SMILES string of the molecule is CCOC(=O)[C@H]1O[C@@H](c2ccccc2)[C@H](C(=O)OCC)O[C@@H]1c1ccccc1. The molecule has 6 nitrogen and oxygen atoms in total. The Labute approximate surface area is 164 Å². The quantitative estimate of drug-likeness (QED) is 0.711. The fourth-order valence-corrected chi connectivity index (χ4v) is 3.20. The van der Waals surface area contributed by atoms with E-state index in [9.17, 15) is 9.59 Å². The molecule has 1 aliphatic rings. The monoisotopic (exact) mass is 384 g/mol. The summed E-state index contributed by atoms with van der Waals surface area (Å²) < 4.78 is 22.7. The third-order valence-corrected chi connectivity index (χ3v) is 4.43. The highest BCUT2D eigenvalue weighted by Gasteiger charge is 2.47. The van der Waals surface area contributed by atoms with Crippen molar-refractivity contribution in [2.45, 2.75) is 38.3 Å². The van der Waals surface area contributed by atoms with Crippen molar-refractivity contribution in [3.63, 3.8) is 0 Å². The van der Waals surface area contributed by atoms with Gasteiger partial charge in [0.25, 0.3) is 0 Å². The minimum absolute atomic E-state index is 0.220. The van der Waals surface area contributed by atoms with Gasteiger partial charge >= 0.3 is 11.9 Å². The first kappa shape index (κ1) is 20.0. The summed E-state index contributed by atoms with van der Waals surface area (Å²) >= 11 is 0. The molecule has 6 heteroatoms. The fraction of sp³-hybridized carbons (Fsp3) is 0.364. The van der Waals surface area contributed by atoms with E-state index in [0.29, 0.717) is 0 Å². The van der Waals surface area contributed by atoms with Crippen molar-refractivity contribution < 1.29 is 28.5 Å². The van der Waals surface area contributed by atoms with Crippen LogP contribution in [0.3, 0.4) is 0 Å². The lowest BCUT2D eigenvalue weighted by Crippen LogP contribution is -2.48. The zero-order chi connectivity index (χ0) is 19.9. The first-order valence-electron chi connectivity index (χ1n) is 9.39. The summed E-state index contributed by atoms with van der Waals surface area (Å²) in [7, 11) is 0. The van der Waals surface area contributed by atoms with E-state index < -0.39 is 36.4 Å². The molecule has 1 saturated heterocycles. The van der Waals surface area contributed by atoms with Crippen LogP contribution in [0, 0.1) is 0 Å². The number of hydrogen-bond donors (Lipinski definition) is 0.